The van der Waals surface area contributed by atoms with E-state index in [1.165, 1.54) is 31.7 Å². The second kappa shape index (κ2) is 6.41. The van der Waals surface area contributed by atoms with Crippen molar-refractivity contribution in [3.63, 3.8) is 0 Å². The summed E-state index contributed by atoms with van der Waals surface area (Å²) in [5.74, 6) is 1.23. The van der Waals surface area contributed by atoms with Gasteiger partial charge < -0.3 is 15.4 Å². The summed E-state index contributed by atoms with van der Waals surface area (Å²) in [6, 6.07) is 0. The van der Waals surface area contributed by atoms with Crippen LogP contribution in [0.4, 0.5) is 0 Å². The molecule has 2 heterocycles. The Morgan fingerprint density at radius 1 is 1.41 bits per heavy atom. The molecule has 4 heteroatoms. The number of nitrogens with one attached hydrogen (secondary N) is 2. The van der Waals surface area contributed by atoms with E-state index < -0.39 is 0 Å². The highest BCUT2D eigenvalue weighted by Gasteiger charge is 2.36. The lowest BCUT2D eigenvalue weighted by Crippen LogP contribution is -2.48. The third kappa shape index (κ3) is 3.85. The highest BCUT2D eigenvalue weighted by Crippen LogP contribution is 2.25. The quantitative estimate of drug-likeness (QED) is 0.734. The Morgan fingerprint density at radius 3 is 2.82 bits per heavy atom. The fourth-order valence-corrected chi connectivity index (χ4v) is 3.71. The summed E-state index contributed by atoms with van der Waals surface area (Å²) >= 11 is 2.14. The molecule has 2 aliphatic heterocycles. The summed E-state index contributed by atoms with van der Waals surface area (Å²) in [6.45, 7) is 8.89. The van der Waals surface area contributed by atoms with Crippen molar-refractivity contribution in [3.8, 4) is 0 Å². The summed E-state index contributed by atoms with van der Waals surface area (Å²) in [5, 5.41) is 7.98. The largest absolute Gasteiger partial charge is 0.377 e. The molecule has 0 spiro atoms. The predicted octanol–water partition coefficient (Wildman–Crippen LogP) is 1.63. The average Bonchev–Trinajstić information content (AvgIpc) is 2.67. The van der Waals surface area contributed by atoms with Crippen molar-refractivity contribution >= 4 is 11.8 Å². The van der Waals surface area contributed by atoms with Crippen LogP contribution in [0.3, 0.4) is 0 Å². The van der Waals surface area contributed by atoms with Crippen molar-refractivity contribution in [2.24, 2.45) is 0 Å². The Labute approximate surface area is 109 Å². The second-order valence-corrected chi connectivity index (χ2v) is 6.84. The molecule has 0 radical (unpaired) electrons. The Hall–Kier alpha value is 0.230. The van der Waals surface area contributed by atoms with E-state index >= 15 is 0 Å². The smallest absolute Gasteiger partial charge is 0.0726 e. The number of ether oxygens (including phenoxy) is 1. The molecule has 0 aliphatic carbocycles. The van der Waals surface area contributed by atoms with Crippen molar-refractivity contribution < 1.29 is 4.74 Å². The van der Waals surface area contributed by atoms with Gasteiger partial charge in [-0.1, -0.05) is 0 Å². The highest BCUT2D eigenvalue weighted by molar-refractivity contribution is 7.99. The van der Waals surface area contributed by atoms with Gasteiger partial charge in [0.05, 0.1) is 6.10 Å². The molecule has 3 nitrogen and oxygen atoms in total. The minimum Gasteiger partial charge on any atom is -0.377 e. The molecule has 0 amide bonds. The second-order valence-electron chi connectivity index (χ2n) is 5.43. The summed E-state index contributed by atoms with van der Waals surface area (Å²) in [7, 11) is 0. The van der Waals surface area contributed by atoms with Crippen LogP contribution in [0, 0.1) is 0 Å². The molecule has 2 saturated heterocycles. The topological polar surface area (TPSA) is 33.3 Å². The van der Waals surface area contributed by atoms with Gasteiger partial charge in [0.1, 0.15) is 0 Å². The van der Waals surface area contributed by atoms with Crippen LogP contribution in [-0.4, -0.2) is 48.9 Å². The first kappa shape index (κ1) is 13.7. The van der Waals surface area contributed by atoms with E-state index in [0.717, 1.165) is 24.8 Å². The van der Waals surface area contributed by atoms with Gasteiger partial charge in [-0.15, -0.1) is 0 Å². The van der Waals surface area contributed by atoms with E-state index in [4.69, 9.17) is 4.74 Å². The maximum atomic E-state index is 5.64. The van der Waals surface area contributed by atoms with E-state index in [1.807, 2.05) is 0 Å². The lowest BCUT2D eigenvalue weighted by Gasteiger charge is -2.29. The van der Waals surface area contributed by atoms with Crippen molar-refractivity contribution in [1.82, 2.24) is 10.6 Å². The van der Waals surface area contributed by atoms with Crippen molar-refractivity contribution in [2.75, 3.05) is 32.0 Å². The highest BCUT2D eigenvalue weighted by atomic mass is 32.2. The average molecular weight is 258 g/mol. The zero-order chi connectivity index (χ0) is 12.1. The molecular formula is C13H26N2OS. The monoisotopic (exact) mass is 258 g/mol. The molecule has 2 fully saturated rings. The maximum absolute atomic E-state index is 5.64. The number of rotatable bonds is 5. The van der Waals surface area contributed by atoms with Crippen LogP contribution in [0.2, 0.25) is 0 Å². The lowest BCUT2D eigenvalue weighted by molar-refractivity contribution is 0.0895. The molecule has 2 unspecified atom stereocenters. The molecule has 2 N–H and O–H groups in total. The van der Waals surface area contributed by atoms with Gasteiger partial charge in [-0.2, -0.15) is 11.8 Å². The standard InChI is InChI=1S/C13H26N2OS/c1-11-13(2,5-9-16-11)15-8-10-17-12-3-6-14-7-4-12/h11-12,14-15H,3-10H2,1-2H3. The third-order valence-corrected chi connectivity index (χ3v) is 5.54. The molecule has 0 aromatic heterocycles. The number of piperidine rings is 1. The minimum atomic E-state index is 0.203. The van der Waals surface area contributed by atoms with Crippen molar-refractivity contribution in [2.45, 2.75) is 50.0 Å². The fourth-order valence-electron chi connectivity index (χ4n) is 2.59. The van der Waals surface area contributed by atoms with Gasteiger partial charge in [0.25, 0.3) is 0 Å². The molecule has 0 bridgehead atoms. The van der Waals surface area contributed by atoms with Crippen LogP contribution >= 0.6 is 11.8 Å². The minimum absolute atomic E-state index is 0.203. The van der Waals surface area contributed by atoms with E-state index in [1.54, 1.807) is 0 Å². The van der Waals surface area contributed by atoms with Crippen LogP contribution in [-0.2, 0) is 4.74 Å². The van der Waals surface area contributed by atoms with Gasteiger partial charge in [0.2, 0.25) is 0 Å². The van der Waals surface area contributed by atoms with Crippen LogP contribution in [0.1, 0.15) is 33.1 Å². The van der Waals surface area contributed by atoms with Gasteiger partial charge in [0, 0.05) is 29.7 Å². The van der Waals surface area contributed by atoms with Gasteiger partial charge in [0.15, 0.2) is 0 Å². The summed E-state index contributed by atoms with van der Waals surface area (Å²) in [6.07, 6.45) is 4.17. The van der Waals surface area contributed by atoms with Crippen LogP contribution in [0.15, 0.2) is 0 Å². The van der Waals surface area contributed by atoms with Gasteiger partial charge in [-0.25, -0.2) is 0 Å². The van der Waals surface area contributed by atoms with Crippen molar-refractivity contribution in [3.05, 3.63) is 0 Å². The van der Waals surface area contributed by atoms with E-state index in [9.17, 15) is 0 Å². The Kier molecular flexibility index (Phi) is 5.15. The van der Waals surface area contributed by atoms with E-state index in [-0.39, 0.29) is 5.54 Å². The maximum Gasteiger partial charge on any atom is 0.0726 e. The normalized spacial score (nSPS) is 35.3. The van der Waals surface area contributed by atoms with E-state index in [2.05, 4.69) is 36.2 Å². The van der Waals surface area contributed by atoms with Crippen LogP contribution in [0.25, 0.3) is 0 Å². The molecule has 0 aromatic rings. The molecular weight excluding hydrogens is 232 g/mol. The Bertz CT molecular complexity index is 233. The first-order valence-electron chi connectivity index (χ1n) is 6.90. The van der Waals surface area contributed by atoms with E-state index in [0.29, 0.717) is 6.10 Å². The fraction of sp³-hybridized carbons (Fsp3) is 1.00. The molecule has 0 saturated carbocycles. The summed E-state index contributed by atoms with van der Waals surface area (Å²) in [5.41, 5.74) is 0.203. The first-order chi connectivity index (χ1) is 8.21. The molecule has 17 heavy (non-hydrogen) atoms. The number of thioether (sulfide) groups is 1. The predicted molar refractivity (Wildman–Crippen MR) is 74.8 cm³/mol. The molecule has 2 atom stereocenters. The SMILES string of the molecule is CC1OCCC1(C)NCCSC1CCNCC1. The molecule has 0 aromatic carbocycles. The zero-order valence-corrected chi connectivity index (χ0v) is 11.9. The molecule has 2 aliphatic rings. The molecule has 2 rings (SSSR count). The van der Waals surface area contributed by atoms with Gasteiger partial charge in [-0.3, -0.25) is 0 Å². The Morgan fingerprint density at radius 2 is 2.18 bits per heavy atom. The lowest BCUT2D eigenvalue weighted by atomic mass is 9.95. The molecule has 100 valence electrons. The first-order valence-corrected chi connectivity index (χ1v) is 7.94. The van der Waals surface area contributed by atoms with Crippen LogP contribution in [0.5, 0.6) is 0 Å². The van der Waals surface area contributed by atoms with Crippen LogP contribution < -0.4 is 10.6 Å². The van der Waals surface area contributed by atoms with Gasteiger partial charge in [-0.05, 0) is 46.2 Å². The Balaban J connectivity index is 1.59. The summed E-state index contributed by atoms with van der Waals surface area (Å²) < 4.78 is 5.64. The summed E-state index contributed by atoms with van der Waals surface area (Å²) in [4.78, 5) is 0. The van der Waals surface area contributed by atoms with Crippen molar-refractivity contribution in [1.29, 1.82) is 0 Å². The van der Waals surface area contributed by atoms with Gasteiger partial charge >= 0.3 is 0 Å². The number of hydrogen-bond donors (Lipinski definition) is 2. The zero-order valence-electron chi connectivity index (χ0n) is 11.1. The number of hydrogen-bond acceptors (Lipinski definition) is 4. The third-order valence-electron chi connectivity index (χ3n) is 4.16.